The Bertz CT molecular complexity index is 935. The molecule has 0 aromatic carbocycles. The third kappa shape index (κ3) is 6.89. The second kappa shape index (κ2) is 10.1. The van der Waals surface area contributed by atoms with E-state index in [9.17, 15) is 23.9 Å². The van der Waals surface area contributed by atoms with Crippen LogP contribution in [0.3, 0.4) is 0 Å². The number of anilines is 1. The van der Waals surface area contributed by atoms with Gasteiger partial charge in [0.2, 0.25) is 5.91 Å². The van der Waals surface area contributed by atoms with E-state index >= 15 is 4.39 Å². The second-order valence-electron chi connectivity index (χ2n) is 10.7. The summed E-state index contributed by atoms with van der Waals surface area (Å²) < 4.78 is 35.9. The molecule has 3 rings (SSSR count). The van der Waals surface area contributed by atoms with Gasteiger partial charge in [0.05, 0.1) is 5.54 Å². The minimum Gasteiger partial charge on any atom is -0.444 e. The Morgan fingerprint density at radius 2 is 1.89 bits per heavy atom. The van der Waals surface area contributed by atoms with Gasteiger partial charge in [0.1, 0.15) is 23.5 Å². The van der Waals surface area contributed by atoms with Crippen LogP contribution in [0, 0.1) is 0 Å². The fourth-order valence-corrected chi connectivity index (χ4v) is 4.62. The molecule has 2 aliphatic rings. The van der Waals surface area contributed by atoms with E-state index in [0.717, 1.165) is 0 Å². The van der Waals surface area contributed by atoms with Crippen molar-refractivity contribution >= 4 is 23.7 Å². The first kappa shape index (κ1) is 26.8. The molecule has 2 fully saturated rings. The van der Waals surface area contributed by atoms with Crippen LogP contribution in [-0.4, -0.2) is 67.9 Å². The van der Waals surface area contributed by atoms with E-state index in [1.54, 1.807) is 34.0 Å². The molecule has 12 heteroatoms. The van der Waals surface area contributed by atoms with Crippen molar-refractivity contribution in [1.82, 2.24) is 20.4 Å². The van der Waals surface area contributed by atoms with Gasteiger partial charge in [0.25, 0.3) is 5.91 Å². The smallest absolute Gasteiger partial charge is 0.408 e. The first-order valence-corrected chi connectivity index (χ1v) is 11.8. The summed E-state index contributed by atoms with van der Waals surface area (Å²) in [6.07, 6.45) is -1.55. The zero-order valence-electron chi connectivity index (χ0n) is 20.6. The maximum Gasteiger partial charge on any atom is 0.408 e. The predicted octanol–water partition coefficient (Wildman–Crippen LogP) is 2.27. The van der Waals surface area contributed by atoms with Crippen LogP contribution in [0.4, 0.5) is 19.4 Å². The summed E-state index contributed by atoms with van der Waals surface area (Å²) in [5, 5.41) is 22.1. The summed E-state index contributed by atoms with van der Waals surface area (Å²) in [6.45, 7) is 4.95. The molecule has 0 spiro atoms. The van der Waals surface area contributed by atoms with Crippen molar-refractivity contribution in [2.75, 3.05) is 5.32 Å². The average Bonchev–Trinajstić information content (AvgIpc) is 3.31. The number of aliphatic hydroxyl groups is 1. The van der Waals surface area contributed by atoms with E-state index in [0.29, 0.717) is 12.8 Å². The number of rotatable bonds is 8. The monoisotopic (exact) mass is 499 g/mol. The Labute approximate surface area is 203 Å². The van der Waals surface area contributed by atoms with Crippen molar-refractivity contribution in [3.05, 3.63) is 12.3 Å². The molecule has 1 aromatic rings. The first-order chi connectivity index (χ1) is 16.2. The summed E-state index contributed by atoms with van der Waals surface area (Å²) in [6, 6.07) is 0.173. The van der Waals surface area contributed by atoms with Crippen LogP contribution in [0.25, 0.3) is 0 Å². The van der Waals surface area contributed by atoms with Crippen molar-refractivity contribution in [3.63, 3.8) is 0 Å². The zero-order chi connectivity index (χ0) is 26.0. The highest BCUT2D eigenvalue weighted by Crippen LogP contribution is 2.40. The fraction of sp³-hybridized carbons (Fsp3) is 0.739. The van der Waals surface area contributed by atoms with Crippen LogP contribution < -0.4 is 16.0 Å². The van der Waals surface area contributed by atoms with Crippen molar-refractivity contribution in [2.24, 2.45) is 7.05 Å². The number of aryl methyl sites for hydroxylation is 1. The highest BCUT2D eigenvalue weighted by atomic mass is 19.1. The molecule has 35 heavy (non-hydrogen) atoms. The maximum absolute atomic E-state index is 15.3. The third-order valence-electron chi connectivity index (χ3n) is 6.36. The molecular weight excluding hydrogens is 464 g/mol. The highest BCUT2D eigenvalue weighted by Gasteiger charge is 2.54. The molecule has 4 N–H and O–H groups in total. The number of nitrogens with one attached hydrogen (secondary N) is 3. The molecule has 0 radical (unpaired) electrons. The SMILES string of the molecule is Cn1ccc(NC(=O)C(O)C2(NC(=O)[C@H](CC3(F)CCCC3)NC(=O)OC(C)(C)C)CC(F)C2)n1. The minimum atomic E-state index is -1.80. The Balaban J connectivity index is 1.75. The molecule has 1 aromatic heterocycles. The predicted molar refractivity (Wildman–Crippen MR) is 123 cm³/mol. The molecule has 0 aliphatic heterocycles. The summed E-state index contributed by atoms with van der Waals surface area (Å²) in [5.41, 5.74) is -4.11. The lowest BCUT2D eigenvalue weighted by Crippen LogP contribution is -2.69. The summed E-state index contributed by atoms with van der Waals surface area (Å²) in [5.74, 6) is -1.51. The number of hydrogen-bond donors (Lipinski definition) is 4. The van der Waals surface area contributed by atoms with E-state index < -0.39 is 53.0 Å². The lowest BCUT2D eigenvalue weighted by Gasteiger charge is -2.47. The lowest BCUT2D eigenvalue weighted by atomic mass is 9.70. The molecule has 0 saturated heterocycles. The maximum atomic E-state index is 15.3. The Hall–Kier alpha value is -2.76. The van der Waals surface area contributed by atoms with E-state index in [1.807, 2.05) is 0 Å². The molecule has 10 nitrogen and oxygen atoms in total. The van der Waals surface area contributed by atoms with E-state index in [4.69, 9.17) is 4.74 Å². The number of hydrogen-bond acceptors (Lipinski definition) is 6. The standard InChI is InChI=1S/C23H35F2N5O5/c1-21(2,3)35-20(34)26-15(13-22(25)8-5-6-9-22)18(32)28-23(11-14(24)12-23)17(31)19(33)27-16-7-10-30(4)29-16/h7,10,14-15,17,31H,5-6,8-9,11-13H2,1-4H3,(H,26,34)(H,28,32)(H,27,29,33)/t14?,15-,17?,23?/m0/s1. The molecule has 3 amide bonds. The normalized spacial score (nSPS) is 25.2. The second-order valence-corrected chi connectivity index (χ2v) is 10.7. The first-order valence-electron chi connectivity index (χ1n) is 11.8. The molecule has 196 valence electrons. The number of halogens is 2. The summed E-state index contributed by atoms with van der Waals surface area (Å²) in [4.78, 5) is 38.3. The van der Waals surface area contributed by atoms with Crippen molar-refractivity contribution in [1.29, 1.82) is 0 Å². The largest absolute Gasteiger partial charge is 0.444 e. The van der Waals surface area contributed by atoms with E-state index in [2.05, 4.69) is 21.0 Å². The molecule has 1 heterocycles. The number of ether oxygens (including phenoxy) is 1. The van der Waals surface area contributed by atoms with Gasteiger partial charge in [-0.15, -0.1) is 0 Å². The van der Waals surface area contributed by atoms with Crippen LogP contribution >= 0.6 is 0 Å². The zero-order valence-corrected chi connectivity index (χ0v) is 20.6. The molecule has 1 unspecified atom stereocenters. The van der Waals surface area contributed by atoms with E-state index in [-0.39, 0.29) is 37.9 Å². The number of alkyl carbamates (subject to hydrolysis) is 1. The molecule has 2 saturated carbocycles. The topological polar surface area (TPSA) is 135 Å². The van der Waals surface area contributed by atoms with Crippen molar-refractivity contribution in [2.45, 2.75) is 101 Å². The summed E-state index contributed by atoms with van der Waals surface area (Å²) >= 11 is 0. The number of aromatic nitrogens is 2. The average molecular weight is 500 g/mol. The van der Waals surface area contributed by atoms with Crippen molar-refractivity contribution in [3.8, 4) is 0 Å². The minimum absolute atomic E-state index is 0.180. The van der Waals surface area contributed by atoms with Crippen LogP contribution in [-0.2, 0) is 21.4 Å². The number of aliphatic hydroxyl groups excluding tert-OH is 1. The van der Waals surface area contributed by atoms with Crippen LogP contribution in [0.5, 0.6) is 0 Å². The van der Waals surface area contributed by atoms with Crippen molar-refractivity contribution < 1.29 is 33.0 Å². The van der Waals surface area contributed by atoms with Gasteiger partial charge < -0.3 is 25.8 Å². The van der Waals surface area contributed by atoms with Gasteiger partial charge in [-0.25, -0.2) is 13.6 Å². The Morgan fingerprint density at radius 1 is 1.26 bits per heavy atom. The quantitative estimate of drug-likeness (QED) is 0.434. The molecule has 2 aliphatic carbocycles. The van der Waals surface area contributed by atoms with E-state index in [1.165, 1.54) is 10.7 Å². The van der Waals surface area contributed by atoms with Gasteiger partial charge in [-0.2, -0.15) is 5.10 Å². The number of nitrogens with zero attached hydrogens (tertiary/aromatic N) is 2. The van der Waals surface area contributed by atoms with Gasteiger partial charge in [0.15, 0.2) is 11.9 Å². The van der Waals surface area contributed by atoms with Gasteiger partial charge in [-0.3, -0.25) is 14.3 Å². The summed E-state index contributed by atoms with van der Waals surface area (Å²) in [7, 11) is 1.65. The Morgan fingerprint density at radius 3 is 2.40 bits per heavy atom. The molecule has 0 bridgehead atoms. The van der Waals surface area contributed by atoms with Crippen LogP contribution in [0.2, 0.25) is 0 Å². The fourth-order valence-electron chi connectivity index (χ4n) is 4.62. The lowest BCUT2D eigenvalue weighted by molar-refractivity contribution is -0.141. The van der Waals surface area contributed by atoms with Gasteiger partial charge >= 0.3 is 6.09 Å². The van der Waals surface area contributed by atoms with Crippen LogP contribution in [0.15, 0.2) is 12.3 Å². The number of carbonyl (C=O) groups is 3. The molecule has 2 atom stereocenters. The Kier molecular flexibility index (Phi) is 7.73. The third-order valence-corrected chi connectivity index (χ3v) is 6.36. The molecular formula is C23H35F2N5O5. The van der Waals surface area contributed by atoms with Gasteiger partial charge in [0, 0.05) is 38.6 Å². The number of carbonyl (C=O) groups excluding carboxylic acids is 3. The van der Waals surface area contributed by atoms with Crippen LogP contribution in [0.1, 0.15) is 65.7 Å². The highest BCUT2D eigenvalue weighted by molar-refractivity contribution is 5.95. The number of alkyl halides is 2. The number of amides is 3. The van der Waals surface area contributed by atoms with Gasteiger partial charge in [-0.1, -0.05) is 12.8 Å². The van der Waals surface area contributed by atoms with Gasteiger partial charge in [-0.05, 0) is 33.6 Å².